The van der Waals surface area contributed by atoms with Crippen molar-refractivity contribution in [2.24, 2.45) is 0 Å². The first-order valence-corrected chi connectivity index (χ1v) is 15.6. The first-order valence-electron chi connectivity index (χ1n) is 15.3. The summed E-state index contributed by atoms with van der Waals surface area (Å²) in [7, 11) is 0. The Labute approximate surface area is 269 Å². The van der Waals surface area contributed by atoms with Crippen LogP contribution in [0.5, 0.6) is 34.5 Å². The molecule has 0 unspecified atom stereocenters. The van der Waals surface area contributed by atoms with Crippen LogP contribution in [0.2, 0.25) is 5.02 Å². The Bertz CT molecular complexity index is 1580. The van der Waals surface area contributed by atoms with Crippen LogP contribution in [0.3, 0.4) is 0 Å². The number of rotatable bonds is 16. The molecule has 0 fully saturated rings. The third kappa shape index (κ3) is 9.05. The summed E-state index contributed by atoms with van der Waals surface area (Å²) in [6.45, 7) is 9.45. The van der Waals surface area contributed by atoms with Crippen molar-refractivity contribution in [2.45, 2.75) is 53.4 Å². The van der Waals surface area contributed by atoms with Gasteiger partial charge in [0.15, 0.2) is 11.5 Å². The number of fused-ring (bicyclic) bond motifs is 1. The van der Waals surface area contributed by atoms with Gasteiger partial charge in [-0.05, 0) is 80.3 Å². The quantitative estimate of drug-likeness (QED) is 0.0901. The van der Waals surface area contributed by atoms with E-state index in [1.807, 2.05) is 76.2 Å². The molecule has 0 bridgehead atoms. The van der Waals surface area contributed by atoms with Crippen LogP contribution in [-0.2, 0) is 22.4 Å². The van der Waals surface area contributed by atoms with Gasteiger partial charge in [-0.25, -0.2) is 0 Å². The summed E-state index contributed by atoms with van der Waals surface area (Å²) in [4.78, 5) is 26.6. The maximum absolute atomic E-state index is 13.3. The minimum Gasteiger partial charge on any atom is -0.494 e. The summed E-state index contributed by atoms with van der Waals surface area (Å²) in [5, 5.41) is 1.33. The summed E-state index contributed by atoms with van der Waals surface area (Å²) >= 11 is 6.44. The standard InChI is InChI=1S/C36H39ClO8/c1-5-19-42-35-33(44-31(38)21-24-9-14-27(15-10-24)40-7-3)29-18-13-26(37)23-30(29)34(36(35)43-20-6-2)45-32(39)22-25-11-16-28(17-12-25)41-8-4/h9-18,23H,5-8,19-22H2,1-4H3. The van der Waals surface area contributed by atoms with Crippen molar-refractivity contribution in [3.8, 4) is 34.5 Å². The molecule has 4 aromatic rings. The number of halogens is 1. The number of hydrogen-bond donors (Lipinski definition) is 0. The Kier molecular flexibility index (Phi) is 12.3. The van der Waals surface area contributed by atoms with Crippen molar-refractivity contribution in [1.82, 2.24) is 0 Å². The van der Waals surface area contributed by atoms with Crippen molar-refractivity contribution in [2.75, 3.05) is 26.4 Å². The fourth-order valence-electron chi connectivity index (χ4n) is 4.60. The van der Waals surface area contributed by atoms with E-state index in [4.69, 9.17) is 40.0 Å². The molecule has 238 valence electrons. The van der Waals surface area contributed by atoms with Crippen molar-refractivity contribution in [3.63, 3.8) is 0 Å². The van der Waals surface area contributed by atoms with Gasteiger partial charge in [-0.15, -0.1) is 0 Å². The number of esters is 2. The van der Waals surface area contributed by atoms with E-state index in [1.54, 1.807) is 18.2 Å². The molecule has 0 aromatic heterocycles. The summed E-state index contributed by atoms with van der Waals surface area (Å²) < 4.78 is 35.4. The fraction of sp³-hybridized carbons (Fsp3) is 0.333. The SMILES string of the molecule is CCCOc1c(OCCC)c(OC(=O)Cc2ccc(OCC)cc2)c2cc(Cl)ccc2c1OC(=O)Cc1ccc(OCC)cc1. The molecule has 0 heterocycles. The van der Waals surface area contributed by atoms with Gasteiger partial charge in [-0.2, -0.15) is 0 Å². The van der Waals surface area contributed by atoms with E-state index in [2.05, 4.69) is 0 Å². The smallest absolute Gasteiger partial charge is 0.315 e. The number of carbonyl (C=O) groups is 2. The number of hydrogen-bond acceptors (Lipinski definition) is 8. The Balaban J connectivity index is 1.74. The van der Waals surface area contributed by atoms with E-state index >= 15 is 0 Å². The molecule has 0 saturated heterocycles. The lowest BCUT2D eigenvalue weighted by molar-refractivity contribution is -0.134. The Morgan fingerprint density at radius 1 is 0.556 bits per heavy atom. The lowest BCUT2D eigenvalue weighted by Crippen LogP contribution is -2.16. The van der Waals surface area contributed by atoms with Gasteiger partial charge >= 0.3 is 11.9 Å². The second-order valence-electron chi connectivity index (χ2n) is 10.2. The van der Waals surface area contributed by atoms with E-state index < -0.39 is 11.9 Å². The van der Waals surface area contributed by atoms with Crippen molar-refractivity contribution in [1.29, 1.82) is 0 Å². The topological polar surface area (TPSA) is 89.5 Å². The molecule has 0 aliphatic carbocycles. The van der Waals surface area contributed by atoms with Gasteiger partial charge in [0.2, 0.25) is 11.5 Å². The fourth-order valence-corrected chi connectivity index (χ4v) is 4.77. The van der Waals surface area contributed by atoms with E-state index in [0.29, 0.717) is 55.1 Å². The number of carbonyl (C=O) groups excluding carboxylic acids is 2. The Hall–Kier alpha value is -4.43. The molecule has 0 aliphatic rings. The molecule has 45 heavy (non-hydrogen) atoms. The highest BCUT2D eigenvalue weighted by Crippen LogP contribution is 2.52. The van der Waals surface area contributed by atoms with Crippen LogP contribution in [0.1, 0.15) is 51.7 Å². The van der Waals surface area contributed by atoms with Crippen molar-refractivity contribution in [3.05, 3.63) is 82.9 Å². The maximum Gasteiger partial charge on any atom is 0.315 e. The van der Waals surface area contributed by atoms with Crippen LogP contribution in [0, 0.1) is 0 Å². The third-order valence-corrected chi connectivity index (χ3v) is 6.82. The average molecular weight is 635 g/mol. The van der Waals surface area contributed by atoms with E-state index in [0.717, 1.165) is 22.6 Å². The zero-order valence-electron chi connectivity index (χ0n) is 26.2. The van der Waals surface area contributed by atoms with Crippen molar-refractivity contribution >= 4 is 34.3 Å². The molecular weight excluding hydrogens is 596 g/mol. The minimum absolute atomic E-state index is 0.00561. The van der Waals surface area contributed by atoms with Gasteiger partial charge in [0.25, 0.3) is 0 Å². The molecule has 9 heteroatoms. The van der Waals surface area contributed by atoms with Crippen LogP contribution in [0.4, 0.5) is 0 Å². The molecule has 8 nitrogen and oxygen atoms in total. The van der Waals surface area contributed by atoms with Gasteiger partial charge in [-0.1, -0.05) is 49.7 Å². The molecule has 0 atom stereocenters. The third-order valence-electron chi connectivity index (χ3n) is 6.59. The van der Waals surface area contributed by atoms with Gasteiger partial charge in [0, 0.05) is 15.8 Å². The second-order valence-corrected chi connectivity index (χ2v) is 10.6. The first kappa shape index (κ1) is 33.5. The second kappa shape index (κ2) is 16.6. The number of ether oxygens (including phenoxy) is 6. The van der Waals surface area contributed by atoms with Crippen LogP contribution < -0.4 is 28.4 Å². The molecule has 0 saturated carbocycles. The van der Waals surface area contributed by atoms with Crippen LogP contribution in [-0.4, -0.2) is 38.4 Å². The monoisotopic (exact) mass is 634 g/mol. The zero-order valence-corrected chi connectivity index (χ0v) is 26.9. The highest BCUT2D eigenvalue weighted by atomic mass is 35.5. The molecule has 0 spiro atoms. The van der Waals surface area contributed by atoms with Crippen LogP contribution in [0.15, 0.2) is 66.7 Å². The minimum atomic E-state index is -0.511. The van der Waals surface area contributed by atoms with Gasteiger partial charge in [-0.3, -0.25) is 9.59 Å². The first-order chi connectivity index (χ1) is 21.9. The summed E-state index contributed by atoms with van der Waals surface area (Å²) in [6.07, 6.45) is 1.37. The lowest BCUT2D eigenvalue weighted by Gasteiger charge is -2.22. The van der Waals surface area contributed by atoms with Crippen LogP contribution in [0.25, 0.3) is 10.8 Å². The van der Waals surface area contributed by atoms with E-state index in [9.17, 15) is 9.59 Å². The summed E-state index contributed by atoms with van der Waals surface area (Å²) in [6, 6.07) is 19.6. The van der Waals surface area contributed by atoms with E-state index in [1.165, 1.54) is 0 Å². The average Bonchev–Trinajstić information content (AvgIpc) is 3.03. The normalized spacial score (nSPS) is 10.8. The van der Waals surface area contributed by atoms with E-state index in [-0.39, 0.29) is 35.8 Å². The Morgan fingerprint density at radius 3 is 1.42 bits per heavy atom. The highest BCUT2D eigenvalue weighted by Gasteiger charge is 2.28. The van der Waals surface area contributed by atoms with Gasteiger partial charge in [0.05, 0.1) is 39.3 Å². The molecule has 4 rings (SSSR count). The van der Waals surface area contributed by atoms with Gasteiger partial charge < -0.3 is 28.4 Å². The lowest BCUT2D eigenvalue weighted by atomic mass is 10.1. The largest absolute Gasteiger partial charge is 0.494 e. The Morgan fingerprint density at radius 2 is 1.00 bits per heavy atom. The predicted molar refractivity (Wildman–Crippen MR) is 174 cm³/mol. The molecular formula is C36H39ClO8. The summed E-state index contributed by atoms with van der Waals surface area (Å²) in [5.41, 5.74) is 1.51. The molecule has 0 N–H and O–H groups in total. The molecule has 0 radical (unpaired) electrons. The molecule has 0 aliphatic heterocycles. The van der Waals surface area contributed by atoms with Gasteiger partial charge in [0.1, 0.15) is 11.5 Å². The van der Waals surface area contributed by atoms with Crippen molar-refractivity contribution < 1.29 is 38.0 Å². The van der Waals surface area contributed by atoms with Crippen LogP contribution >= 0.6 is 11.6 Å². The predicted octanol–water partition coefficient (Wildman–Crippen LogP) is 8.16. The zero-order chi connectivity index (χ0) is 32.2. The number of benzene rings is 4. The maximum atomic E-state index is 13.3. The summed E-state index contributed by atoms with van der Waals surface area (Å²) in [5.74, 6) is 1.10. The molecule has 0 amide bonds. The molecule has 4 aromatic carbocycles. The highest BCUT2D eigenvalue weighted by molar-refractivity contribution is 6.31.